The third-order valence-corrected chi connectivity index (χ3v) is 3.36. The highest BCUT2D eigenvalue weighted by Gasteiger charge is 2.06. The number of nitrogens with one attached hydrogen (secondary N) is 1. The molecule has 2 aromatic rings. The zero-order valence-corrected chi connectivity index (χ0v) is 12.7. The van der Waals surface area contributed by atoms with E-state index < -0.39 is 0 Å². The van der Waals surface area contributed by atoms with Crippen molar-refractivity contribution in [3.63, 3.8) is 0 Å². The van der Waals surface area contributed by atoms with Gasteiger partial charge < -0.3 is 10.1 Å². The van der Waals surface area contributed by atoms with Crippen LogP contribution in [0.4, 0.5) is 0 Å². The van der Waals surface area contributed by atoms with Crippen molar-refractivity contribution in [2.24, 2.45) is 0 Å². The maximum absolute atomic E-state index is 5.76. The Bertz CT molecular complexity index is 563. The maximum atomic E-state index is 5.76. The van der Waals surface area contributed by atoms with Gasteiger partial charge in [0, 0.05) is 6.04 Å². The summed E-state index contributed by atoms with van der Waals surface area (Å²) in [4.78, 5) is 0. The van der Waals surface area contributed by atoms with E-state index in [9.17, 15) is 0 Å². The van der Waals surface area contributed by atoms with Crippen LogP contribution in [-0.4, -0.2) is 13.2 Å². The van der Waals surface area contributed by atoms with Crippen LogP contribution < -0.4 is 10.1 Å². The molecule has 0 spiro atoms. The molecule has 0 aromatic heterocycles. The van der Waals surface area contributed by atoms with Gasteiger partial charge in [0.25, 0.3) is 0 Å². The van der Waals surface area contributed by atoms with Crippen molar-refractivity contribution in [1.29, 1.82) is 0 Å². The minimum absolute atomic E-state index is 0.195. The first-order chi connectivity index (χ1) is 9.60. The van der Waals surface area contributed by atoms with Crippen molar-refractivity contribution in [1.82, 2.24) is 5.32 Å². The van der Waals surface area contributed by atoms with E-state index in [1.807, 2.05) is 33.0 Å². The van der Waals surface area contributed by atoms with Crippen molar-refractivity contribution >= 4 is 0 Å². The third kappa shape index (κ3) is 3.61. The summed E-state index contributed by atoms with van der Waals surface area (Å²) in [5, 5.41) is 3.27. The molecule has 2 aromatic carbocycles. The summed E-state index contributed by atoms with van der Waals surface area (Å²) in [5.41, 5.74) is 3.70. The van der Waals surface area contributed by atoms with Crippen LogP contribution in [0.2, 0.25) is 0 Å². The first-order valence-corrected chi connectivity index (χ1v) is 7.14. The molecule has 1 atom stereocenters. The van der Waals surface area contributed by atoms with Crippen LogP contribution >= 0.6 is 0 Å². The Morgan fingerprint density at radius 3 is 2.20 bits per heavy atom. The van der Waals surface area contributed by atoms with E-state index in [4.69, 9.17) is 4.74 Å². The predicted molar refractivity (Wildman–Crippen MR) is 85.1 cm³/mol. The number of rotatable bonds is 5. The van der Waals surface area contributed by atoms with E-state index >= 15 is 0 Å². The van der Waals surface area contributed by atoms with Gasteiger partial charge in [-0.25, -0.2) is 0 Å². The minimum Gasteiger partial charge on any atom is -0.491 e. The Labute approximate surface area is 121 Å². The molecule has 1 unspecified atom stereocenters. The summed E-state index contributed by atoms with van der Waals surface area (Å²) in [5.74, 6) is 0.921. The SMILES string of the molecule is CNC(C)c1cccc(-c2cccc(OC(C)C)c2)c1. The van der Waals surface area contributed by atoms with Crippen LogP contribution in [0, 0.1) is 0 Å². The van der Waals surface area contributed by atoms with Crippen molar-refractivity contribution in [2.75, 3.05) is 7.05 Å². The first kappa shape index (κ1) is 14.6. The maximum Gasteiger partial charge on any atom is 0.120 e. The molecule has 0 aliphatic heterocycles. The molecule has 0 bridgehead atoms. The van der Waals surface area contributed by atoms with E-state index in [1.165, 1.54) is 16.7 Å². The number of benzene rings is 2. The standard InChI is InChI=1S/C18H23NO/c1-13(2)20-18-10-6-9-17(12-18)16-8-5-7-15(11-16)14(3)19-4/h5-14,19H,1-4H3. The summed E-state index contributed by atoms with van der Waals surface area (Å²) in [6, 6.07) is 17.2. The third-order valence-electron chi connectivity index (χ3n) is 3.36. The van der Waals surface area contributed by atoms with Crippen LogP contribution in [0.25, 0.3) is 11.1 Å². The molecule has 0 saturated carbocycles. The van der Waals surface area contributed by atoms with Gasteiger partial charge in [-0.15, -0.1) is 0 Å². The highest BCUT2D eigenvalue weighted by molar-refractivity contribution is 5.66. The van der Waals surface area contributed by atoms with Crippen LogP contribution in [0.3, 0.4) is 0 Å². The Kier molecular flexibility index (Phi) is 4.80. The lowest BCUT2D eigenvalue weighted by Crippen LogP contribution is -2.12. The van der Waals surface area contributed by atoms with Crippen LogP contribution in [0.15, 0.2) is 48.5 Å². The van der Waals surface area contributed by atoms with E-state index in [-0.39, 0.29) is 6.10 Å². The molecular weight excluding hydrogens is 246 g/mol. The molecule has 0 saturated heterocycles. The second-order valence-electron chi connectivity index (χ2n) is 5.33. The predicted octanol–water partition coefficient (Wildman–Crippen LogP) is 4.42. The molecule has 20 heavy (non-hydrogen) atoms. The Morgan fingerprint density at radius 1 is 0.900 bits per heavy atom. The Balaban J connectivity index is 2.31. The van der Waals surface area contributed by atoms with Gasteiger partial charge >= 0.3 is 0 Å². The lowest BCUT2D eigenvalue weighted by molar-refractivity contribution is 0.242. The molecule has 0 fully saturated rings. The molecule has 0 radical (unpaired) electrons. The fraction of sp³-hybridized carbons (Fsp3) is 0.333. The second-order valence-corrected chi connectivity index (χ2v) is 5.33. The smallest absolute Gasteiger partial charge is 0.120 e. The van der Waals surface area contributed by atoms with Gasteiger partial charge in [0.1, 0.15) is 5.75 Å². The first-order valence-electron chi connectivity index (χ1n) is 7.14. The van der Waals surface area contributed by atoms with Gasteiger partial charge in [-0.1, -0.05) is 30.3 Å². The van der Waals surface area contributed by atoms with E-state index in [0.29, 0.717) is 6.04 Å². The fourth-order valence-corrected chi connectivity index (χ4v) is 2.18. The second kappa shape index (κ2) is 6.58. The summed E-state index contributed by atoms with van der Waals surface area (Å²) < 4.78 is 5.76. The molecular formula is C18H23NO. The molecule has 0 amide bonds. The monoisotopic (exact) mass is 269 g/mol. The highest BCUT2D eigenvalue weighted by atomic mass is 16.5. The van der Waals surface area contributed by atoms with Crippen molar-refractivity contribution in [3.05, 3.63) is 54.1 Å². The largest absolute Gasteiger partial charge is 0.491 e. The molecule has 106 valence electrons. The summed E-state index contributed by atoms with van der Waals surface area (Å²) in [6.45, 7) is 6.25. The summed E-state index contributed by atoms with van der Waals surface area (Å²) in [7, 11) is 1.98. The van der Waals surface area contributed by atoms with Crippen LogP contribution in [-0.2, 0) is 0 Å². The average molecular weight is 269 g/mol. The molecule has 0 aliphatic rings. The van der Waals surface area contributed by atoms with Gasteiger partial charge in [-0.05, 0) is 62.7 Å². The van der Waals surface area contributed by atoms with Crippen LogP contribution in [0.1, 0.15) is 32.4 Å². The van der Waals surface area contributed by atoms with Crippen molar-refractivity contribution in [3.8, 4) is 16.9 Å². The van der Waals surface area contributed by atoms with Crippen molar-refractivity contribution < 1.29 is 4.74 Å². The number of ether oxygens (including phenoxy) is 1. The molecule has 0 aliphatic carbocycles. The van der Waals surface area contributed by atoms with E-state index in [2.05, 4.69) is 48.6 Å². The average Bonchev–Trinajstić information content (AvgIpc) is 2.46. The molecule has 2 heteroatoms. The van der Waals surface area contributed by atoms with Crippen molar-refractivity contribution in [2.45, 2.75) is 32.9 Å². The lowest BCUT2D eigenvalue weighted by atomic mass is 10.00. The van der Waals surface area contributed by atoms with Gasteiger partial charge in [0.05, 0.1) is 6.10 Å². The zero-order valence-electron chi connectivity index (χ0n) is 12.7. The molecule has 0 heterocycles. The summed E-state index contributed by atoms with van der Waals surface area (Å²) in [6.07, 6.45) is 0.195. The van der Waals surface area contributed by atoms with Gasteiger partial charge in [-0.2, -0.15) is 0 Å². The van der Waals surface area contributed by atoms with Crippen LogP contribution in [0.5, 0.6) is 5.75 Å². The molecule has 1 N–H and O–H groups in total. The Hall–Kier alpha value is -1.80. The van der Waals surface area contributed by atoms with Gasteiger partial charge in [0.15, 0.2) is 0 Å². The highest BCUT2D eigenvalue weighted by Crippen LogP contribution is 2.26. The molecule has 2 nitrogen and oxygen atoms in total. The molecule has 2 rings (SSSR count). The normalized spacial score (nSPS) is 12.4. The van der Waals surface area contributed by atoms with E-state index in [0.717, 1.165) is 5.75 Å². The van der Waals surface area contributed by atoms with E-state index in [1.54, 1.807) is 0 Å². The lowest BCUT2D eigenvalue weighted by Gasteiger charge is -2.13. The number of hydrogen-bond donors (Lipinski definition) is 1. The topological polar surface area (TPSA) is 21.3 Å². The Morgan fingerprint density at radius 2 is 1.55 bits per heavy atom. The zero-order chi connectivity index (χ0) is 14.5. The quantitative estimate of drug-likeness (QED) is 0.867. The fourth-order valence-electron chi connectivity index (χ4n) is 2.18. The minimum atomic E-state index is 0.195. The van der Waals surface area contributed by atoms with Gasteiger partial charge in [0.2, 0.25) is 0 Å². The number of hydrogen-bond acceptors (Lipinski definition) is 2. The summed E-state index contributed by atoms with van der Waals surface area (Å²) >= 11 is 0. The van der Waals surface area contributed by atoms with Gasteiger partial charge in [-0.3, -0.25) is 0 Å².